The minimum absolute atomic E-state index is 0.123. The third-order valence-corrected chi connectivity index (χ3v) is 4.82. The summed E-state index contributed by atoms with van der Waals surface area (Å²) >= 11 is 9.63. The number of nitrogens with two attached hydrogens (primary N) is 1. The molecule has 1 aliphatic rings. The maximum atomic E-state index is 6.29. The number of halogens is 2. The van der Waals surface area contributed by atoms with Gasteiger partial charge in [0.1, 0.15) is 0 Å². The number of likely N-dealkylation sites (tertiary alicyclic amines) is 1. The number of benzene rings is 1. The summed E-state index contributed by atoms with van der Waals surface area (Å²) < 4.78 is 0.932. The highest BCUT2D eigenvalue weighted by atomic mass is 79.9. The van der Waals surface area contributed by atoms with Gasteiger partial charge in [0.2, 0.25) is 0 Å². The molecule has 0 spiro atoms. The largest absolute Gasteiger partial charge is 0.326 e. The molecule has 100 valence electrons. The Morgan fingerprint density at radius 1 is 1.39 bits per heavy atom. The molecule has 2 unspecified atom stereocenters. The van der Waals surface area contributed by atoms with Crippen LogP contribution < -0.4 is 5.73 Å². The molecule has 1 heterocycles. The van der Waals surface area contributed by atoms with Gasteiger partial charge in [0.05, 0.1) is 11.1 Å². The first-order valence-corrected chi connectivity index (χ1v) is 7.45. The maximum Gasteiger partial charge on any atom is 0.0551 e. The van der Waals surface area contributed by atoms with Crippen molar-refractivity contribution in [3.8, 4) is 0 Å². The van der Waals surface area contributed by atoms with Crippen LogP contribution in [0, 0.1) is 0 Å². The second-order valence-electron chi connectivity index (χ2n) is 5.94. The van der Waals surface area contributed by atoms with Crippen LogP contribution in [-0.2, 0) is 0 Å². The van der Waals surface area contributed by atoms with E-state index in [-0.39, 0.29) is 17.6 Å². The predicted octanol–water partition coefficient (Wildman–Crippen LogP) is 3.98. The normalized spacial score (nSPS) is 25.7. The monoisotopic (exact) mass is 330 g/mol. The average Bonchev–Trinajstić information content (AvgIpc) is 2.64. The van der Waals surface area contributed by atoms with Crippen LogP contribution in [0.5, 0.6) is 0 Å². The highest BCUT2D eigenvalue weighted by Crippen LogP contribution is 2.38. The van der Waals surface area contributed by atoms with Crippen molar-refractivity contribution in [1.29, 1.82) is 0 Å². The van der Waals surface area contributed by atoms with Crippen LogP contribution in [0.15, 0.2) is 22.7 Å². The van der Waals surface area contributed by atoms with Crippen molar-refractivity contribution in [3.63, 3.8) is 0 Å². The predicted molar refractivity (Wildman–Crippen MR) is 80.9 cm³/mol. The van der Waals surface area contributed by atoms with Gasteiger partial charge in [-0.1, -0.05) is 17.7 Å². The Bertz CT molecular complexity index is 442. The highest BCUT2D eigenvalue weighted by Gasteiger charge is 2.38. The van der Waals surface area contributed by atoms with E-state index in [1.165, 1.54) is 5.56 Å². The molecule has 0 radical (unpaired) electrons. The summed E-state index contributed by atoms with van der Waals surface area (Å²) in [6.07, 6.45) is 1.04. The molecule has 0 amide bonds. The van der Waals surface area contributed by atoms with Gasteiger partial charge >= 0.3 is 0 Å². The van der Waals surface area contributed by atoms with Gasteiger partial charge in [0.25, 0.3) is 0 Å². The van der Waals surface area contributed by atoms with E-state index >= 15 is 0 Å². The number of hydrogen-bond acceptors (Lipinski definition) is 2. The zero-order valence-electron chi connectivity index (χ0n) is 11.1. The molecule has 1 aromatic carbocycles. The molecule has 0 aromatic heterocycles. The van der Waals surface area contributed by atoms with Crippen molar-refractivity contribution < 1.29 is 0 Å². The molecule has 1 aliphatic heterocycles. The standard InChI is InChI=1S/C14H20BrClN2/c1-14(2,3)18-7-6-12(17)13(18)9-4-5-10(15)11(16)8-9/h4-5,8,12-13H,6-7,17H2,1-3H3. The van der Waals surface area contributed by atoms with Gasteiger partial charge in [-0.05, 0) is 60.8 Å². The van der Waals surface area contributed by atoms with Gasteiger partial charge in [0, 0.05) is 22.6 Å². The molecule has 1 saturated heterocycles. The van der Waals surface area contributed by atoms with E-state index in [1.54, 1.807) is 0 Å². The smallest absolute Gasteiger partial charge is 0.0551 e. The second kappa shape index (κ2) is 5.12. The van der Waals surface area contributed by atoms with Gasteiger partial charge in [-0.15, -0.1) is 0 Å². The minimum Gasteiger partial charge on any atom is -0.326 e. The van der Waals surface area contributed by atoms with Crippen molar-refractivity contribution in [2.24, 2.45) is 5.73 Å². The number of rotatable bonds is 1. The van der Waals surface area contributed by atoms with Crippen molar-refractivity contribution in [2.45, 2.75) is 44.8 Å². The molecule has 18 heavy (non-hydrogen) atoms. The number of hydrogen-bond donors (Lipinski definition) is 1. The lowest BCUT2D eigenvalue weighted by Gasteiger charge is -2.38. The van der Waals surface area contributed by atoms with E-state index in [4.69, 9.17) is 17.3 Å². The van der Waals surface area contributed by atoms with Gasteiger partial charge in [-0.25, -0.2) is 0 Å². The molecule has 0 bridgehead atoms. The fourth-order valence-corrected chi connectivity index (χ4v) is 3.13. The quantitative estimate of drug-likeness (QED) is 0.843. The Labute approximate surface area is 123 Å². The third kappa shape index (κ3) is 2.74. The summed E-state index contributed by atoms with van der Waals surface area (Å²) in [5.41, 5.74) is 7.62. The molecule has 2 nitrogen and oxygen atoms in total. The summed E-state index contributed by atoms with van der Waals surface area (Å²) in [5, 5.41) is 0.750. The first-order chi connectivity index (χ1) is 8.30. The van der Waals surface area contributed by atoms with Crippen molar-refractivity contribution in [1.82, 2.24) is 4.90 Å². The van der Waals surface area contributed by atoms with E-state index in [1.807, 2.05) is 12.1 Å². The zero-order valence-corrected chi connectivity index (χ0v) is 13.4. The first kappa shape index (κ1) is 14.3. The lowest BCUT2D eigenvalue weighted by molar-refractivity contribution is 0.117. The molecule has 1 fully saturated rings. The van der Waals surface area contributed by atoms with Crippen molar-refractivity contribution in [2.75, 3.05) is 6.54 Å². The van der Waals surface area contributed by atoms with E-state index in [0.717, 1.165) is 22.5 Å². The number of nitrogens with zero attached hydrogens (tertiary/aromatic N) is 1. The average molecular weight is 332 g/mol. The van der Waals surface area contributed by atoms with Gasteiger partial charge < -0.3 is 5.73 Å². The summed E-state index contributed by atoms with van der Waals surface area (Å²) in [6, 6.07) is 6.59. The van der Waals surface area contributed by atoms with Crippen LogP contribution >= 0.6 is 27.5 Å². The molecule has 0 saturated carbocycles. The molecular formula is C14H20BrClN2. The maximum absolute atomic E-state index is 6.29. The zero-order chi connectivity index (χ0) is 13.5. The summed E-state index contributed by atoms with van der Waals surface area (Å²) in [4.78, 5) is 2.47. The Morgan fingerprint density at radius 3 is 2.61 bits per heavy atom. The Hall–Kier alpha value is -0.0900. The molecule has 0 aliphatic carbocycles. The fraction of sp³-hybridized carbons (Fsp3) is 0.571. The Morgan fingerprint density at radius 2 is 2.06 bits per heavy atom. The van der Waals surface area contributed by atoms with Crippen LogP contribution in [0.25, 0.3) is 0 Å². The highest BCUT2D eigenvalue weighted by molar-refractivity contribution is 9.10. The van der Waals surface area contributed by atoms with Crippen LogP contribution in [0.3, 0.4) is 0 Å². The third-order valence-electron chi connectivity index (χ3n) is 3.59. The van der Waals surface area contributed by atoms with Crippen LogP contribution in [0.4, 0.5) is 0 Å². The summed E-state index contributed by atoms with van der Waals surface area (Å²) in [6.45, 7) is 7.75. The second-order valence-corrected chi connectivity index (χ2v) is 7.20. The molecule has 1 aromatic rings. The minimum atomic E-state index is 0.123. The fourth-order valence-electron chi connectivity index (χ4n) is 2.69. The summed E-state index contributed by atoms with van der Waals surface area (Å²) in [5.74, 6) is 0. The van der Waals surface area contributed by atoms with Gasteiger partial charge in [-0.3, -0.25) is 4.90 Å². The van der Waals surface area contributed by atoms with Crippen LogP contribution in [0.2, 0.25) is 5.02 Å². The van der Waals surface area contributed by atoms with Crippen LogP contribution in [-0.4, -0.2) is 23.0 Å². The van der Waals surface area contributed by atoms with Gasteiger partial charge in [0.15, 0.2) is 0 Å². The van der Waals surface area contributed by atoms with E-state index in [0.29, 0.717) is 0 Å². The van der Waals surface area contributed by atoms with E-state index in [2.05, 4.69) is 47.7 Å². The molecule has 4 heteroatoms. The Balaban J connectivity index is 2.37. The van der Waals surface area contributed by atoms with Crippen molar-refractivity contribution in [3.05, 3.63) is 33.3 Å². The van der Waals surface area contributed by atoms with E-state index in [9.17, 15) is 0 Å². The lowest BCUT2D eigenvalue weighted by atomic mass is 9.97. The Kier molecular flexibility index (Phi) is 4.07. The lowest BCUT2D eigenvalue weighted by Crippen LogP contribution is -2.43. The molecular weight excluding hydrogens is 312 g/mol. The topological polar surface area (TPSA) is 29.3 Å². The molecule has 2 atom stereocenters. The summed E-state index contributed by atoms with van der Waals surface area (Å²) in [7, 11) is 0. The van der Waals surface area contributed by atoms with Crippen LogP contribution in [0.1, 0.15) is 38.8 Å². The van der Waals surface area contributed by atoms with Crippen molar-refractivity contribution >= 4 is 27.5 Å². The SMILES string of the molecule is CC(C)(C)N1CCC(N)C1c1ccc(Br)c(Cl)c1. The van der Waals surface area contributed by atoms with E-state index < -0.39 is 0 Å². The molecule has 2 N–H and O–H groups in total. The molecule has 2 rings (SSSR count). The first-order valence-electron chi connectivity index (χ1n) is 6.28. The van der Waals surface area contributed by atoms with Gasteiger partial charge in [-0.2, -0.15) is 0 Å².